The van der Waals surface area contributed by atoms with Crippen molar-refractivity contribution in [2.24, 2.45) is 0 Å². The molecule has 2 N–H and O–H groups in total. The zero-order valence-corrected chi connectivity index (χ0v) is 16.5. The molecule has 1 aliphatic rings. The van der Waals surface area contributed by atoms with Crippen molar-refractivity contribution in [3.63, 3.8) is 0 Å². The summed E-state index contributed by atoms with van der Waals surface area (Å²) in [5, 5.41) is 16.7. The van der Waals surface area contributed by atoms with Crippen molar-refractivity contribution in [2.45, 2.75) is 32.3 Å². The van der Waals surface area contributed by atoms with Crippen molar-refractivity contribution in [1.29, 1.82) is 0 Å². The number of aryl methyl sites for hydroxylation is 1. The molecule has 29 heavy (non-hydrogen) atoms. The molecule has 1 aromatic heterocycles. The lowest BCUT2D eigenvalue weighted by atomic mass is 10.0. The third-order valence-corrected chi connectivity index (χ3v) is 5.33. The molecule has 0 saturated carbocycles. The number of hydrogen-bond acceptors (Lipinski definition) is 5. The summed E-state index contributed by atoms with van der Waals surface area (Å²) < 4.78 is 5.30. The van der Waals surface area contributed by atoms with Gasteiger partial charge in [0.25, 0.3) is 5.91 Å². The molecule has 6 heteroatoms. The highest BCUT2D eigenvalue weighted by molar-refractivity contribution is 6.05. The number of anilines is 2. The minimum atomic E-state index is -0.219. The van der Waals surface area contributed by atoms with E-state index in [1.54, 1.807) is 6.92 Å². The zero-order valence-electron chi connectivity index (χ0n) is 16.5. The molecule has 0 aliphatic carbocycles. The highest BCUT2D eigenvalue weighted by Crippen LogP contribution is 2.23. The number of aliphatic hydroxyl groups excluding tert-OH is 1. The molecule has 6 nitrogen and oxygen atoms in total. The van der Waals surface area contributed by atoms with Crippen LogP contribution in [0.4, 0.5) is 11.4 Å². The maximum atomic E-state index is 12.9. The molecule has 150 valence electrons. The molecule has 1 aliphatic heterocycles. The predicted octanol–water partition coefficient (Wildman–Crippen LogP) is 3.79. The van der Waals surface area contributed by atoms with Gasteiger partial charge in [0.2, 0.25) is 0 Å². The van der Waals surface area contributed by atoms with E-state index in [1.165, 1.54) is 0 Å². The van der Waals surface area contributed by atoms with Crippen LogP contribution in [0.2, 0.25) is 0 Å². The van der Waals surface area contributed by atoms with Crippen molar-refractivity contribution < 1.29 is 14.4 Å². The lowest BCUT2D eigenvalue weighted by Gasteiger charge is -2.31. The first-order valence-corrected chi connectivity index (χ1v) is 9.93. The summed E-state index contributed by atoms with van der Waals surface area (Å²) in [6, 6.07) is 17.7. The first-order valence-electron chi connectivity index (χ1n) is 9.93. The van der Waals surface area contributed by atoms with Gasteiger partial charge in [-0.2, -0.15) is 0 Å². The van der Waals surface area contributed by atoms with E-state index in [0.717, 1.165) is 42.9 Å². The second-order valence-electron chi connectivity index (χ2n) is 7.44. The number of aromatic nitrogens is 1. The molecular weight excluding hydrogens is 366 g/mol. The van der Waals surface area contributed by atoms with Crippen LogP contribution < -0.4 is 10.2 Å². The third kappa shape index (κ3) is 4.49. The Morgan fingerprint density at radius 3 is 2.52 bits per heavy atom. The molecule has 4 rings (SSSR count). The fraction of sp³-hybridized carbons (Fsp3) is 0.304. The summed E-state index contributed by atoms with van der Waals surface area (Å²) in [5.74, 6) is 0.292. The Labute approximate surface area is 170 Å². The molecule has 0 radical (unpaired) electrons. The summed E-state index contributed by atoms with van der Waals surface area (Å²) in [6.45, 7) is 3.44. The zero-order chi connectivity index (χ0) is 20.2. The van der Waals surface area contributed by atoms with Gasteiger partial charge in [-0.1, -0.05) is 35.5 Å². The maximum absolute atomic E-state index is 12.9. The Balaban J connectivity index is 1.45. The van der Waals surface area contributed by atoms with Gasteiger partial charge in [0.15, 0.2) is 0 Å². The number of piperidine rings is 1. The number of carbonyl (C=O) groups excluding carboxylic acids is 1. The molecule has 1 saturated heterocycles. The van der Waals surface area contributed by atoms with Crippen LogP contribution in [0.15, 0.2) is 59.1 Å². The molecule has 1 fully saturated rings. The average molecular weight is 391 g/mol. The van der Waals surface area contributed by atoms with Gasteiger partial charge in [-0.15, -0.1) is 0 Å². The van der Waals surface area contributed by atoms with E-state index in [0.29, 0.717) is 23.4 Å². The number of carbonyl (C=O) groups is 1. The molecule has 2 heterocycles. The van der Waals surface area contributed by atoms with E-state index in [1.807, 2.05) is 54.6 Å². The van der Waals surface area contributed by atoms with Gasteiger partial charge < -0.3 is 19.8 Å². The number of amides is 1. The van der Waals surface area contributed by atoms with Gasteiger partial charge >= 0.3 is 0 Å². The van der Waals surface area contributed by atoms with Gasteiger partial charge in [0, 0.05) is 30.9 Å². The smallest absolute Gasteiger partial charge is 0.261 e. The van der Waals surface area contributed by atoms with Gasteiger partial charge in [-0.3, -0.25) is 4.79 Å². The second-order valence-corrected chi connectivity index (χ2v) is 7.44. The largest absolute Gasteiger partial charge is 0.393 e. The first-order chi connectivity index (χ1) is 14.1. The number of nitrogens with zero attached hydrogens (tertiary/aromatic N) is 2. The highest BCUT2D eigenvalue weighted by Gasteiger charge is 2.21. The van der Waals surface area contributed by atoms with Gasteiger partial charge in [0.1, 0.15) is 17.0 Å². The lowest BCUT2D eigenvalue weighted by molar-refractivity contribution is 0.102. The van der Waals surface area contributed by atoms with Crippen LogP contribution in [0.3, 0.4) is 0 Å². The van der Waals surface area contributed by atoms with Crippen LogP contribution in [0.5, 0.6) is 0 Å². The lowest BCUT2D eigenvalue weighted by Crippen LogP contribution is -2.35. The van der Waals surface area contributed by atoms with E-state index >= 15 is 0 Å². The SMILES string of the molecule is Cc1onc(Cc2ccccc2)c1C(=O)Nc1ccc(N2CCC(O)CC2)cc1. The molecule has 0 unspecified atom stereocenters. The van der Waals surface area contributed by atoms with Crippen LogP contribution in [0, 0.1) is 6.92 Å². The fourth-order valence-corrected chi connectivity index (χ4v) is 3.69. The number of aliphatic hydroxyl groups is 1. The summed E-state index contributed by atoms with van der Waals surface area (Å²) in [6.07, 6.45) is 1.92. The molecule has 3 aromatic rings. The van der Waals surface area contributed by atoms with Crippen molar-refractivity contribution in [3.05, 3.63) is 77.2 Å². The summed E-state index contributed by atoms with van der Waals surface area (Å²) in [5.41, 5.74) is 4.02. The van der Waals surface area contributed by atoms with Crippen LogP contribution in [-0.2, 0) is 6.42 Å². The first kappa shape index (κ1) is 19.2. The standard InChI is InChI=1S/C23H25N3O3/c1-16-22(21(25-29-16)15-17-5-3-2-4-6-17)23(28)24-18-7-9-19(10-8-18)26-13-11-20(27)12-14-26/h2-10,20,27H,11-15H2,1H3,(H,24,28). The number of rotatable bonds is 5. The minimum Gasteiger partial charge on any atom is -0.393 e. The Kier molecular flexibility index (Phi) is 5.62. The van der Waals surface area contributed by atoms with E-state index < -0.39 is 0 Å². The quantitative estimate of drug-likeness (QED) is 0.692. The van der Waals surface area contributed by atoms with E-state index in [9.17, 15) is 9.90 Å². The highest BCUT2D eigenvalue weighted by atomic mass is 16.5. The molecule has 0 spiro atoms. The van der Waals surface area contributed by atoms with E-state index in [-0.39, 0.29) is 12.0 Å². The molecule has 0 bridgehead atoms. The summed E-state index contributed by atoms with van der Waals surface area (Å²) >= 11 is 0. The molecule has 2 aromatic carbocycles. The summed E-state index contributed by atoms with van der Waals surface area (Å²) in [4.78, 5) is 15.1. The number of hydrogen-bond donors (Lipinski definition) is 2. The Hall–Kier alpha value is -3.12. The van der Waals surface area contributed by atoms with E-state index in [4.69, 9.17) is 4.52 Å². The minimum absolute atomic E-state index is 0.193. The molecule has 1 amide bonds. The van der Waals surface area contributed by atoms with Gasteiger partial charge in [0.05, 0.1) is 6.10 Å². The second kappa shape index (κ2) is 8.49. The van der Waals surface area contributed by atoms with E-state index in [2.05, 4.69) is 15.4 Å². The third-order valence-electron chi connectivity index (χ3n) is 5.33. The topological polar surface area (TPSA) is 78.6 Å². The number of benzene rings is 2. The average Bonchev–Trinajstić information content (AvgIpc) is 3.10. The predicted molar refractivity (Wildman–Crippen MR) is 112 cm³/mol. The monoisotopic (exact) mass is 391 g/mol. The molecule has 0 atom stereocenters. The van der Waals surface area contributed by atoms with Crippen LogP contribution >= 0.6 is 0 Å². The Morgan fingerprint density at radius 1 is 1.14 bits per heavy atom. The van der Waals surface area contributed by atoms with Crippen LogP contribution in [0.1, 0.15) is 40.2 Å². The van der Waals surface area contributed by atoms with Crippen molar-refractivity contribution in [3.8, 4) is 0 Å². The van der Waals surface area contributed by atoms with Gasteiger partial charge in [-0.05, 0) is 49.6 Å². The normalized spacial score (nSPS) is 14.8. The Morgan fingerprint density at radius 2 is 1.83 bits per heavy atom. The fourth-order valence-electron chi connectivity index (χ4n) is 3.69. The van der Waals surface area contributed by atoms with Gasteiger partial charge in [-0.25, -0.2) is 0 Å². The van der Waals surface area contributed by atoms with Crippen LogP contribution in [0.25, 0.3) is 0 Å². The summed E-state index contributed by atoms with van der Waals surface area (Å²) in [7, 11) is 0. The Bertz CT molecular complexity index is 959. The molecular formula is C23H25N3O3. The van der Waals surface area contributed by atoms with Crippen molar-refractivity contribution >= 4 is 17.3 Å². The van der Waals surface area contributed by atoms with Crippen molar-refractivity contribution in [1.82, 2.24) is 5.16 Å². The number of nitrogens with one attached hydrogen (secondary N) is 1. The maximum Gasteiger partial charge on any atom is 0.261 e. The van der Waals surface area contributed by atoms with Crippen molar-refractivity contribution in [2.75, 3.05) is 23.3 Å². The van der Waals surface area contributed by atoms with Crippen LogP contribution in [-0.4, -0.2) is 35.4 Å².